The molecular weight excluding hydrogens is 614 g/mol. The quantitative estimate of drug-likeness (QED) is 0.143. The molecule has 0 fully saturated rings. The summed E-state index contributed by atoms with van der Waals surface area (Å²) in [4.78, 5) is 31.9. The minimum atomic E-state index is -0.921. The molecule has 1 amide bonds. The fourth-order valence-electron chi connectivity index (χ4n) is 6.06. The molecule has 9 nitrogen and oxygen atoms in total. The third-order valence-corrected chi connectivity index (χ3v) is 8.49. The van der Waals surface area contributed by atoms with E-state index in [4.69, 9.17) is 20.2 Å². The number of nitriles is 1. The molecule has 6 rings (SSSR count). The zero-order valence-corrected chi connectivity index (χ0v) is 27.1. The van der Waals surface area contributed by atoms with Crippen molar-refractivity contribution in [2.75, 3.05) is 0 Å². The lowest BCUT2D eigenvalue weighted by molar-refractivity contribution is -0.146. The van der Waals surface area contributed by atoms with Crippen molar-refractivity contribution in [3.05, 3.63) is 161 Å². The first-order valence-corrected chi connectivity index (χ1v) is 15.9. The fourth-order valence-corrected chi connectivity index (χ4v) is 6.06. The Morgan fingerprint density at radius 1 is 0.939 bits per heavy atom. The number of ether oxygens (including phenoxy) is 2. The number of esters is 1. The highest BCUT2D eigenvalue weighted by molar-refractivity contribution is 5.96. The number of amides is 1. The summed E-state index contributed by atoms with van der Waals surface area (Å²) >= 11 is 0. The Morgan fingerprint density at radius 2 is 1.61 bits per heavy atom. The van der Waals surface area contributed by atoms with E-state index in [0.29, 0.717) is 27.9 Å². The number of carbonyl (C=O) groups excluding carboxylic acids is 2. The van der Waals surface area contributed by atoms with Gasteiger partial charge < -0.3 is 25.8 Å². The Balaban J connectivity index is 1.34. The molecule has 3 atom stereocenters. The van der Waals surface area contributed by atoms with Crippen molar-refractivity contribution in [1.29, 1.82) is 5.26 Å². The maximum Gasteiger partial charge on any atom is 0.407 e. The molecule has 5 aromatic rings. The van der Waals surface area contributed by atoms with Gasteiger partial charge in [0, 0.05) is 22.8 Å². The van der Waals surface area contributed by atoms with Crippen LogP contribution in [0.1, 0.15) is 42.6 Å². The summed E-state index contributed by atoms with van der Waals surface area (Å²) in [5, 5.41) is 17.0. The van der Waals surface area contributed by atoms with Gasteiger partial charge in [-0.3, -0.25) is 4.98 Å². The molecule has 2 heterocycles. The number of carbonyl (C=O) groups is 2. The summed E-state index contributed by atoms with van der Waals surface area (Å²) in [5.74, 6) is -1.52. The summed E-state index contributed by atoms with van der Waals surface area (Å²) in [6.07, 6.45) is 0.224. The SMILES string of the molecule is CC1=C(C#N)C(c2cccc3ncc(-c4ccccc4)cc23)C(C(=O)O[C@@H](c2ccccc2)[C@@H](C)NC(=O)OCc2ccccc2)=C(N)N1. The van der Waals surface area contributed by atoms with Crippen molar-refractivity contribution in [2.45, 2.75) is 38.5 Å². The molecule has 0 aliphatic carbocycles. The number of hydrogen-bond donors (Lipinski definition) is 3. The average Bonchev–Trinajstić information content (AvgIpc) is 3.13. The van der Waals surface area contributed by atoms with Crippen LogP contribution in [0.4, 0.5) is 4.79 Å². The van der Waals surface area contributed by atoms with Gasteiger partial charge >= 0.3 is 12.1 Å². The minimum absolute atomic E-state index is 0.0744. The van der Waals surface area contributed by atoms with Crippen LogP contribution in [0, 0.1) is 11.3 Å². The zero-order chi connectivity index (χ0) is 34.3. The van der Waals surface area contributed by atoms with Crippen LogP contribution >= 0.6 is 0 Å². The summed E-state index contributed by atoms with van der Waals surface area (Å²) in [7, 11) is 0. The summed E-state index contributed by atoms with van der Waals surface area (Å²) in [6.45, 7) is 3.56. The number of nitrogens with two attached hydrogens (primary N) is 1. The first kappa shape index (κ1) is 32.5. The molecule has 4 aromatic carbocycles. The molecule has 1 unspecified atom stereocenters. The number of alkyl carbamates (subject to hydrolysis) is 1. The maximum absolute atomic E-state index is 14.4. The molecular formula is C40H35N5O4. The largest absolute Gasteiger partial charge is 0.452 e. The third-order valence-electron chi connectivity index (χ3n) is 8.49. The smallest absolute Gasteiger partial charge is 0.407 e. The molecule has 1 aliphatic heterocycles. The standard InChI is InChI=1S/C40H35N5O4/c1-25-33(22-41)35(31-19-12-20-34-32(31)21-30(23-43-34)28-15-8-4-9-16-28)36(38(42)44-25)39(46)49-37(29-17-10-5-11-18-29)26(2)45-40(47)48-24-27-13-6-3-7-14-27/h3-21,23,26,35,37,44H,24,42H2,1-2H3,(H,45,47)/t26-,35?,37-/m1/s1. The predicted octanol–water partition coefficient (Wildman–Crippen LogP) is 7.16. The van der Waals surface area contributed by atoms with Gasteiger partial charge in [0.15, 0.2) is 0 Å². The molecule has 1 aromatic heterocycles. The van der Waals surface area contributed by atoms with Crippen molar-refractivity contribution >= 4 is 23.0 Å². The van der Waals surface area contributed by atoms with Gasteiger partial charge in [-0.1, -0.05) is 103 Å². The van der Waals surface area contributed by atoms with E-state index in [0.717, 1.165) is 22.1 Å². The van der Waals surface area contributed by atoms with Crippen molar-refractivity contribution in [3.63, 3.8) is 0 Å². The van der Waals surface area contributed by atoms with Crippen LogP contribution < -0.4 is 16.4 Å². The Morgan fingerprint density at radius 3 is 2.31 bits per heavy atom. The number of hydrogen-bond acceptors (Lipinski definition) is 8. The number of fused-ring (bicyclic) bond motifs is 1. The van der Waals surface area contributed by atoms with Crippen LogP contribution in [-0.2, 0) is 20.9 Å². The molecule has 4 N–H and O–H groups in total. The lowest BCUT2D eigenvalue weighted by Gasteiger charge is -2.31. The van der Waals surface area contributed by atoms with Crippen LogP contribution in [0.3, 0.4) is 0 Å². The number of benzene rings is 4. The third kappa shape index (κ3) is 7.14. The number of aromatic nitrogens is 1. The molecule has 0 bridgehead atoms. The van der Waals surface area contributed by atoms with Gasteiger partial charge in [-0.25, -0.2) is 9.59 Å². The first-order valence-electron chi connectivity index (χ1n) is 15.9. The van der Waals surface area contributed by atoms with E-state index in [1.54, 1.807) is 20.0 Å². The van der Waals surface area contributed by atoms with Crippen LogP contribution in [-0.4, -0.2) is 23.1 Å². The number of rotatable bonds is 9. The topological polar surface area (TPSA) is 139 Å². The van der Waals surface area contributed by atoms with Crippen LogP contribution in [0.5, 0.6) is 0 Å². The monoisotopic (exact) mass is 649 g/mol. The number of nitrogens with zero attached hydrogens (tertiary/aromatic N) is 2. The summed E-state index contributed by atoms with van der Waals surface area (Å²) in [5.41, 5.74) is 12.2. The molecule has 9 heteroatoms. The molecule has 0 radical (unpaired) electrons. The Bertz CT molecular complexity index is 2090. The van der Waals surface area contributed by atoms with Gasteiger partial charge in [0.05, 0.1) is 34.7 Å². The molecule has 49 heavy (non-hydrogen) atoms. The molecule has 1 aliphatic rings. The fraction of sp³-hybridized carbons (Fsp3) is 0.150. The van der Waals surface area contributed by atoms with Crippen molar-refractivity contribution in [1.82, 2.24) is 15.6 Å². The second kappa shape index (κ2) is 14.6. The van der Waals surface area contributed by atoms with Crippen LogP contribution in [0.25, 0.3) is 22.0 Å². The Labute approximate surface area is 284 Å². The van der Waals surface area contributed by atoms with E-state index in [1.165, 1.54) is 0 Å². The second-order valence-corrected chi connectivity index (χ2v) is 11.8. The van der Waals surface area contributed by atoms with Crippen molar-refractivity contribution in [3.8, 4) is 17.2 Å². The van der Waals surface area contributed by atoms with Gasteiger partial charge in [-0.2, -0.15) is 5.26 Å². The van der Waals surface area contributed by atoms with E-state index >= 15 is 0 Å². The van der Waals surface area contributed by atoms with Gasteiger partial charge in [-0.05, 0) is 48.2 Å². The van der Waals surface area contributed by atoms with Crippen LogP contribution in [0.2, 0.25) is 0 Å². The average molecular weight is 650 g/mol. The van der Waals surface area contributed by atoms with Gasteiger partial charge in [0.25, 0.3) is 0 Å². The van der Waals surface area contributed by atoms with Gasteiger partial charge in [-0.15, -0.1) is 0 Å². The normalized spacial score (nSPS) is 15.5. The van der Waals surface area contributed by atoms with Gasteiger partial charge in [0.2, 0.25) is 0 Å². The van der Waals surface area contributed by atoms with Gasteiger partial charge in [0.1, 0.15) is 18.5 Å². The predicted molar refractivity (Wildman–Crippen MR) is 187 cm³/mol. The lowest BCUT2D eigenvalue weighted by atomic mass is 9.80. The summed E-state index contributed by atoms with van der Waals surface area (Å²) < 4.78 is 11.7. The number of dihydropyridines is 1. The highest BCUT2D eigenvalue weighted by atomic mass is 16.6. The molecule has 0 saturated carbocycles. The second-order valence-electron chi connectivity index (χ2n) is 11.8. The number of allylic oxidation sites excluding steroid dienone is 2. The zero-order valence-electron chi connectivity index (χ0n) is 27.1. The van der Waals surface area contributed by atoms with Crippen LogP contribution in [0.15, 0.2) is 144 Å². The van der Waals surface area contributed by atoms with E-state index in [-0.39, 0.29) is 18.0 Å². The van der Waals surface area contributed by atoms with Crippen molar-refractivity contribution < 1.29 is 19.1 Å². The Hall–Kier alpha value is -6.40. The molecule has 244 valence electrons. The van der Waals surface area contributed by atoms with E-state index < -0.39 is 30.1 Å². The highest BCUT2D eigenvalue weighted by Gasteiger charge is 2.38. The number of nitrogens with one attached hydrogen (secondary N) is 2. The maximum atomic E-state index is 14.4. The Kier molecular flexibility index (Phi) is 9.68. The molecule has 0 saturated heterocycles. The first-order chi connectivity index (χ1) is 23.8. The summed E-state index contributed by atoms with van der Waals surface area (Å²) in [6, 6.07) is 37.5. The lowest BCUT2D eigenvalue weighted by Crippen LogP contribution is -2.40. The molecule has 0 spiro atoms. The van der Waals surface area contributed by atoms with E-state index in [9.17, 15) is 14.9 Å². The highest BCUT2D eigenvalue weighted by Crippen LogP contribution is 2.41. The van der Waals surface area contributed by atoms with Crippen molar-refractivity contribution in [2.24, 2.45) is 5.73 Å². The van der Waals surface area contributed by atoms with E-state index in [2.05, 4.69) is 16.7 Å². The number of pyridine rings is 1. The van der Waals surface area contributed by atoms with E-state index in [1.807, 2.05) is 115 Å². The minimum Gasteiger partial charge on any atom is -0.452 e.